The molecule has 1 saturated heterocycles. The maximum atomic E-state index is 5.76. The third-order valence-electron chi connectivity index (χ3n) is 2.99. The zero-order valence-corrected chi connectivity index (χ0v) is 8.48. The molecule has 3 heteroatoms. The van der Waals surface area contributed by atoms with Crippen molar-refractivity contribution in [1.82, 2.24) is 4.90 Å². The highest BCUT2D eigenvalue weighted by molar-refractivity contribution is 5.05. The van der Waals surface area contributed by atoms with E-state index in [0.717, 1.165) is 13.1 Å². The molecule has 1 atom stereocenters. The number of hydrogen-bond acceptors (Lipinski definition) is 3. The monoisotopic (exact) mass is 194 g/mol. The highest BCUT2D eigenvalue weighted by Gasteiger charge is 2.20. The lowest BCUT2D eigenvalue weighted by molar-refractivity contribution is 0.144. The molecule has 1 aliphatic rings. The van der Waals surface area contributed by atoms with Gasteiger partial charge in [-0.2, -0.15) is 0 Å². The zero-order valence-electron chi connectivity index (χ0n) is 8.48. The van der Waals surface area contributed by atoms with E-state index in [1.54, 1.807) is 6.26 Å². The summed E-state index contributed by atoms with van der Waals surface area (Å²) in [5.74, 6) is 0. The summed E-state index contributed by atoms with van der Waals surface area (Å²) < 4.78 is 5.07. The molecule has 2 rings (SSSR count). The number of nitrogens with zero attached hydrogens (tertiary/aromatic N) is 1. The summed E-state index contributed by atoms with van der Waals surface area (Å²) in [7, 11) is 0. The predicted molar refractivity (Wildman–Crippen MR) is 55.8 cm³/mol. The summed E-state index contributed by atoms with van der Waals surface area (Å²) in [6, 6.07) is 2.60. The summed E-state index contributed by atoms with van der Waals surface area (Å²) in [5, 5.41) is 0. The minimum absolute atomic E-state index is 0.568. The van der Waals surface area contributed by atoms with Crippen molar-refractivity contribution in [3.63, 3.8) is 0 Å². The fourth-order valence-electron chi connectivity index (χ4n) is 2.15. The Morgan fingerprint density at radius 3 is 3.14 bits per heavy atom. The van der Waals surface area contributed by atoms with E-state index in [0.29, 0.717) is 6.04 Å². The van der Waals surface area contributed by atoms with Crippen LogP contribution in [0.4, 0.5) is 0 Å². The molecule has 1 aromatic heterocycles. The molecule has 1 aromatic rings. The summed E-state index contributed by atoms with van der Waals surface area (Å²) in [6.45, 7) is 2.93. The first-order valence-electron chi connectivity index (χ1n) is 5.35. The molecular formula is C11H18N2O. The average Bonchev–Trinajstić information content (AvgIpc) is 2.71. The first kappa shape index (κ1) is 9.74. The van der Waals surface area contributed by atoms with E-state index in [2.05, 4.69) is 4.90 Å². The minimum atomic E-state index is 0.568. The highest BCUT2D eigenvalue weighted by atomic mass is 16.3. The van der Waals surface area contributed by atoms with Crippen molar-refractivity contribution in [3.8, 4) is 0 Å². The molecular weight excluding hydrogens is 176 g/mol. The van der Waals surface area contributed by atoms with Crippen molar-refractivity contribution in [2.45, 2.75) is 31.8 Å². The number of furan rings is 1. The molecule has 0 aliphatic carbocycles. The quantitative estimate of drug-likeness (QED) is 0.794. The third-order valence-corrected chi connectivity index (χ3v) is 2.99. The van der Waals surface area contributed by atoms with E-state index >= 15 is 0 Å². The third kappa shape index (κ3) is 2.16. The molecule has 2 N–H and O–H groups in total. The van der Waals surface area contributed by atoms with Gasteiger partial charge in [0, 0.05) is 24.7 Å². The van der Waals surface area contributed by atoms with Gasteiger partial charge in [0.25, 0.3) is 0 Å². The van der Waals surface area contributed by atoms with Crippen molar-refractivity contribution >= 4 is 0 Å². The topological polar surface area (TPSA) is 42.4 Å². The van der Waals surface area contributed by atoms with E-state index in [1.165, 1.54) is 31.4 Å². The van der Waals surface area contributed by atoms with Gasteiger partial charge in [-0.15, -0.1) is 0 Å². The predicted octanol–water partition coefficient (Wildman–Crippen LogP) is 1.59. The van der Waals surface area contributed by atoms with Gasteiger partial charge in [-0.05, 0) is 25.5 Å². The van der Waals surface area contributed by atoms with Crippen LogP contribution >= 0.6 is 0 Å². The Balaban J connectivity index is 1.94. The SMILES string of the molecule is NC[C@H]1CCCCN1Cc1ccoc1. The van der Waals surface area contributed by atoms with Crippen molar-refractivity contribution in [1.29, 1.82) is 0 Å². The summed E-state index contributed by atoms with van der Waals surface area (Å²) in [5.41, 5.74) is 7.01. The van der Waals surface area contributed by atoms with Crippen molar-refractivity contribution in [2.24, 2.45) is 5.73 Å². The van der Waals surface area contributed by atoms with E-state index < -0.39 is 0 Å². The van der Waals surface area contributed by atoms with Crippen molar-refractivity contribution < 1.29 is 4.42 Å². The second kappa shape index (κ2) is 4.62. The standard InChI is InChI=1S/C11H18N2O/c12-7-11-3-1-2-5-13(11)8-10-4-6-14-9-10/h4,6,9,11H,1-3,5,7-8,12H2/t11-/m1/s1. The Bertz CT molecular complexity index is 258. The van der Waals surface area contributed by atoms with Crippen LogP contribution in [0.1, 0.15) is 24.8 Å². The largest absolute Gasteiger partial charge is 0.472 e. The number of hydrogen-bond donors (Lipinski definition) is 1. The van der Waals surface area contributed by atoms with Crippen LogP contribution in [0.5, 0.6) is 0 Å². The van der Waals surface area contributed by atoms with Gasteiger partial charge in [-0.3, -0.25) is 4.90 Å². The molecule has 2 heterocycles. The first-order valence-corrected chi connectivity index (χ1v) is 5.35. The van der Waals surface area contributed by atoms with Gasteiger partial charge < -0.3 is 10.2 Å². The van der Waals surface area contributed by atoms with E-state index in [9.17, 15) is 0 Å². The molecule has 0 aromatic carbocycles. The second-order valence-electron chi connectivity index (χ2n) is 3.99. The lowest BCUT2D eigenvalue weighted by Gasteiger charge is -2.34. The van der Waals surface area contributed by atoms with E-state index in [4.69, 9.17) is 10.2 Å². The van der Waals surface area contributed by atoms with Crippen LogP contribution in [0, 0.1) is 0 Å². The normalized spacial score (nSPS) is 23.9. The van der Waals surface area contributed by atoms with Crippen LogP contribution in [-0.4, -0.2) is 24.0 Å². The van der Waals surface area contributed by atoms with Crippen LogP contribution < -0.4 is 5.73 Å². The highest BCUT2D eigenvalue weighted by Crippen LogP contribution is 2.18. The van der Waals surface area contributed by atoms with Gasteiger partial charge in [-0.25, -0.2) is 0 Å². The molecule has 1 fully saturated rings. The Labute approximate surface area is 84.9 Å². The molecule has 0 unspecified atom stereocenters. The number of likely N-dealkylation sites (tertiary alicyclic amines) is 1. The van der Waals surface area contributed by atoms with Crippen LogP contribution in [-0.2, 0) is 6.54 Å². The maximum absolute atomic E-state index is 5.76. The lowest BCUT2D eigenvalue weighted by atomic mass is 10.0. The molecule has 0 amide bonds. The first-order chi connectivity index (χ1) is 6.90. The number of rotatable bonds is 3. The van der Waals surface area contributed by atoms with Crippen LogP contribution in [0.3, 0.4) is 0 Å². The molecule has 0 radical (unpaired) electrons. The molecule has 14 heavy (non-hydrogen) atoms. The number of piperidine rings is 1. The summed E-state index contributed by atoms with van der Waals surface area (Å²) in [6.07, 6.45) is 7.42. The Morgan fingerprint density at radius 2 is 2.43 bits per heavy atom. The molecule has 0 saturated carbocycles. The van der Waals surface area contributed by atoms with Crippen LogP contribution in [0.25, 0.3) is 0 Å². The molecule has 3 nitrogen and oxygen atoms in total. The molecule has 0 bridgehead atoms. The van der Waals surface area contributed by atoms with Gasteiger partial charge >= 0.3 is 0 Å². The average molecular weight is 194 g/mol. The van der Waals surface area contributed by atoms with Gasteiger partial charge in [0.2, 0.25) is 0 Å². The maximum Gasteiger partial charge on any atom is 0.0947 e. The molecule has 1 aliphatic heterocycles. The van der Waals surface area contributed by atoms with Gasteiger partial charge in [-0.1, -0.05) is 6.42 Å². The second-order valence-corrected chi connectivity index (χ2v) is 3.99. The molecule has 78 valence electrons. The van der Waals surface area contributed by atoms with Gasteiger partial charge in [0.15, 0.2) is 0 Å². The fraction of sp³-hybridized carbons (Fsp3) is 0.636. The van der Waals surface area contributed by atoms with Crippen LogP contribution in [0.2, 0.25) is 0 Å². The minimum Gasteiger partial charge on any atom is -0.472 e. The number of nitrogens with two attached hydrogens (primary N) is 1. The van der Waals surface area contributed by atoms with Crippen molar-refractivity contribution in [3.05, 3.63) is 24.2 Å². The summed E-state index contributed by atoms with van der Waals surface area (Å²) >= 11 is 0. The summed E-state index contributed by atoms with van der Waals surface area (Å²) in [4.78, 5) is 2.47. The van der Waals surface area contributed by atoms with Crippen molar-refractivity contribution in [2.75, 3.05) is 13.1 Å². The van der Waals surface area contributed by atoms with Gasteiger partial charge in [0.05, 0.1) is 12.5 Å². The van der Waals surface area contributed by atoms with E-state index in [-0.39, 0.29) is 0 Å². The Morgan fingerprint density at radius 1 is 1.50 bits per heavy atom. The van der Waals surface area contributed by atoms with Gasteiger partial charge in [0.1, 0.15) is 0 Å². The fourth-order valence-corrected chi connectivity index (χ4v) is 2.15. The zero-order chi connectivity index (χ0) is 9.80. The Hall–Kier alpha value is -0.800. The Kier molecular flexibility index (Phi) is 3.22. The molecule has 0 spiro atoms. The lowest BCUT2D eigenvalue weighted by Crippen LogP contribution is -2.43. The van der Waals surface area contributed by atoms with E-state index in [1.807, 2.05) is 12.3 Å². The van der Waals surface area contributed by atoms with Crippen LogP contribution in [0.15, 0.2) is 23.0 Å². The smallest absolute Gasteiger partial charge is 0.0947 e.